The number of carbonyl (C=O) groups excluding carboxylic acids is 1. The number of anilines is 1. The van der Waals surface area contributed by atoms with Gasteiger partial charge in [-0.05, 0) is 98.4 Å². The van der Waals surface area contributed by atoms with Crippen LogP contribution in [-0.2, 0) is 22.1 Å². The molecule has 0 spiro atoms. The van der Waals surface area contributed by atoms with Gasteiger partial charge in [0.15, 0.2) is 0 Å². The van der Waals surface area contributed by atoms with Crippen molar-refractivity contribution in [2.75, 3.05) is 57.4 Å². The van der Waals surface area contributed by atoms with E-state index in [0.29, 0.717) is 29.9 Å². The fourth-order valence-corrected chi connectivity index (χ4v) is 9.24. The van der Waals surface area contributed by atoms with E-state index in [1.54, 1.807) is 0 Å². The molecule has 0 radical (unpaired) electrons. The summed E-state index contributed by atoms with van der Waals surface area (Å²) in [5, 5.41) is -0.111. The Morgan fingerprint density at radius 3 is 2.61 bits per heavy atom. The van der Waals surface area contributed by atoms with Crippen LogP contribution in [-0.4, -0.2) is 72.8 Å². The first-order valence-corrected chi connectivity index (χ1v) is 19.2. The average Bonchev–Trinajstić information content (AvgIpc) is 3.24. The Balaban J connectivity index is 1.33. The average molecular weight is 650 g/mol. The highest BCUT2D eigenvalue weighted by Gasteiger charge is 2.40. The molecule has 1 aliphatic carbocycles. The highest BCUT2D eigenvalue weighted by molar-refractivity contribution is 7.84. The molecule has 46 heavy (non-hydrogen) atoms. The summed E-state index contributed by atoms with van der Waals surface area (Å²) >= 11 is 0. The fraction of sp³-hybridized carbons (Fsp3) is 0.658. The third kappa shape index (κ3) is 7.82. The normalized spacial score (nSPS) is 31.2. The van der Waals surface area contributed by atoms with Crippen molar-refractivity contribution in [2.45, 2.75) is 83.3 Å². The Bertz CT molecular complexity index is 1350. The number of amides is 1. The van der Waals surface area contributed by atoms with E-state index in [-0.39, 0.29) is 23.0 Å². The van der Waals surface area contributed by atoms with Gasteiger partial charge in [-0.15, -0.1) is 0 Å². The molecule has 1 amide bonds. The van der Waals surface area contributed by atoms with Crippen LogP contribution in [0.3, 0.4) is 0 Å². The van der Waals surface area contributed by atoms with Crippen LogP contribution in [0.25, 0.3) is 0 Å². The number of unbranched alkanes of at least 4 members (excludes halogenated alkanes) is 1. The molecule has 252 valence electrons. The van der Waals surface area contributed by atoms with E-state index in [1.807, 2.05) is 25.1 Å². The maximum Gasteiger partial charge on any atom is 0.263 e. The van der Waals surface area contributed by atoms with Gasteiger partial charge < -0.3 is 14.4 Å². The number of carbonyl (C=O) groups is 1. The number of morpholine rings is 1. The van der Waals surface area contributed by atoms with Gasteiger partial charge in [0.25, 0.3) is 5.91 Å². The van der Waals surface area contributed by atoms with Gasteiger partial charge >= 0.3 is 0 Å². The smallest absolute Gasteiger partial charge is 0.263 e. The number of hydrogen-bond donors (Lipinski definition) is 1. The second kappa shape index (κ2) is 15.7. The third-order valence-electron chi connectivity index (χ3n) is 11.4. The molecule has 7 nitrogen and oxygen atoms in total. The molecule has 7 atom stereocenters. The van der Waals surface area contributed by atoms with Crippen LogP contribution in [0.5, 0.6) is 5.75 Å². The molecule has 7 unspecified atom stereocenters. The zero-order chi connectivity index (χ0) is 32.0. The van der Waals surface area contributed by atoms with Gasteiger partial charge in [-0.3, -0.25) is 14.4 Å². The van der Waals surface area contributed by atoms with Crippen molar-refractivity contribution in [2.24, 2.45) is 23.7 Å². The molecule has 2 aromatic rings. The topological polar surface area (TPSA) is 71.1 Å². The van der Waals surface area contributed by atoms with Crippen LogP contribution in [0.4, 0.5) is 5.69 Å². The van der Waals surface area contributed by atoms with Gasteiger partial charge in [-0.2, -0.15) is 0 Å². The lowest BCUT2D eigenvalue weighted by molar-refractivity contribution is 0.00835. The highest BCUT2D eigenvalue weighted by atomic mass is 32.2. The van der Waals surface area contributed by atoms with Crippen molar-refractivity contribution in [3.05, 3.63) is 59.2 Å². The number of aryl methyl sites for hydroxylation is 1. The van der Waals surface area contributed by atoms with Gasteiger partial charge in [-0.1, -0.05) is 51.0 Å². The standard InChI is InChI=1S/C38H55N3O4S/c1-4-5-10-29-11-6-7-13-34(29)33-25-41-24-32-14-16-35(32)31(23-40-18-20-44-21-19-40)12-8-9-27(2)28(3)46(43)39-38(42)30-15-17-37(45-26-33)36(41)22-30/h6-7,11,13,15,17,22,27-28,31-33,35H,4-5,8-10,12,14,16,18-21,23-26H2,1-3H3,(H,39,42). The molecular formula is C38H55N3O4S. The SMILES string of the molecule is CCCCc1ccccc1C1COc2ccc3cc2N(C1)CC1CCC1C(CN1CCOCC1)CCCC(C)C(C)S(=O)NC3=O. The second-order valence-corrected chi connectivity index (χ2v) is 16.0. The van der Waals surface area contributed by atoms with Gasteiger partial charge in [0.1, 0.15) is 16.7 Å². The molecular weight excluding hydrogens is 595 g/mol. The maximum atomic E-state index is 13.5. The molecule has 3 heterocycles. The molecule has 2 fully saturated rings. The van der Waals surface area contributed by atoms with E-state index < -0.39 is 11.0 Å². The summed E-state index contributed by atoms with van der Waals surface area (Å²) in [5.41, 5.74) is 4.36. The Morgan fingerprint density at radius 1 is 1.00 bits per heavy atom. The number of ether oxygens (including phenoxy) is 2. The monoisotopic (exact) mass is 649 g/mol. The minimum Gasteiger partial charge on any atom is -0.491 e. The van der Waals surface area contributed by atoms with E-state index in [9.17, 15) is 9.00 Å². The number of benzene rings is 2. The summed E-state index contributed by atoms with van der Waals surface area (Å²) in [6, 6.07) is 14.7. The number of rotatable bonds is 6. The summed E-state index contributed by atoms with van der Waals surface area (Å²) in [7, 11) is -1.45. The fourth-order valence-electron chi connectivity index (χ4n) is 8.20. The van der Waals surface area contributed by atoms with Crippen LogP contribution in [0, 0.1) is 23.7 Å². The number of fused-ring (bicyclic) bond motifs is 2. The van der Waals surface area contributed by atoms with Crippen LogP contribution < -0.4 is 14.4 Å². The Hall–Kier alpha value is -2.42. The lowest BCUT2D eigenvalue weighted by Crippen LogP contribution is -2.47. The molecule has 8 heteroatoms. The van der Waals surface area contributed by atoms with Gasteiger partial charge in [0.05, 0.1) is 30.8 Å². The summed E-state index contributed by atoms with van der Waals surface area (Å²) < 4.78 is 28.5. The van der Waals surface area contributed by atoms with Crippen molar-refractivity contribution in [1.29, 1.82) is 0 Å². The minimum absolute atomic E-state index is 0.111. The van der Waals surface area contributed by atoms with Crippen LogP contribution in [0.1, 0.15) is 93.1 Å². The highest BCUT2D eigenvalue weighted by Crippen LogP contribution is 2.45. The van der Waals surface area contributed by atoms with E-state index >= 15 is 0 Å². The first-order valence-electron chi connectivity index (χ1n) is 18.0. The van der Waals surface area contributed by atoms with Crippen molar-refractivity contribution in [3.8, 4) is 5.75 Å². The van der Waals surface area contributed by atoms with Crippen molar-refractivity contribution in [3.63, 3.8) is 0 Å². The number of hydrogen-bond acceptors (Lipinski definition) is 6. The van der Waals surface area contributed by atoms with Crippen molar-refractivity contribution in [1.82, 2.24) is 9.62 Å². The molecule has 2 aromatic carbocycles. The molecule has 6 rings (SSSR count). The molecule has 3 aliphatic heterocycles. The van der Waals surface area contributed by atoms with E-state index in [0.717, 1.165) is 76.6 Å². The van der Waals surface area contributed by atoms with Crippen LogP contribution in [0.2, 0.25) is 0 Å². The predicted octanol–water partition coefficient (Wildman–Crippen LogP) is 6.59. The van der Waals surface area contributed by atoms with Crippen LogP contribution in [0.15, 0.2) is 42.5 Å². The number of nitrogens with zero attached hydrogens (tertiary/aromatic N) is 2. The second-order valence-electron chi connectivity index (χ2n) is 14.4. The van der Waals surface area contributed by atoms with Crippen molar-refractivity contribution >= 4 is 22.6 Å². The van der Waals surface area contributed by atoms with Gasteiger partial charge in [0, 0.05) is 44.2 Å². The summed E-state index contributed by atoms with van der Waals surface area (Å²) in [4.78, 5) is 18.6. The third-order valence-corrected chi connectivity index (χ3v) is 13.0. The molecule has 4 aliphatic rings. The van der Waals surface area contributed by atoms with E-state index in [4.69, 9.17) is 9.47 Å². The molecule has 1 saturated heterocycles. The Labute approximate surface area is 279 Å². The molecule has 1 saturated carbocycles. The van der Waals surface area contributed by atoms with Gasteiger partial charge in [-0.25, -0.2) is 4.21 Å². The Morgan fingerprint density at radius 2 is 1.83 bits per heavy atom. The largest absolute Gasteiger partial charge is 0.491 e. The maximum absolute atomic E-state index is 13.5. The van der Waals surface area contributed by atoms with E-state index in [1.165, 1.54) is 43.2 Å². The molecule has 1 N–H and O–H groups in total. The summed E-state index contributed by atoms with van der Waals surface area (Å²) in [6.07, 6.45) is 9.34. The summed E-state index contributed by atoms with van der Waals surface area (Å²) in [6.45, 7) is 13.8. The quantitative estimate of drug-likeness (QED) is 0.381. The van der Waals surface area contributed by atoms with Crippen LogP contribution >= 0.6 is 0 Å². The minimum atomic E-state index is -1.45. The zero-order valence-electron chi connectivity index (χ0n) is 28.3. The molecule has 2 bridgehead atoms. The molecule has 0 aromatic heterocycles. The van der Waals surface area contributed by atoms with Gasteiger partial charge in [0.2, 0.25) is 0 Å². The lowest BCUT2D eigenvalue weighted by atomic mass is 9.65. The predicted molar refractivity (Wildman–Crippen MR) is 187 cm³/mol. The first kappa shape index (κ1) is 33.5. The lowest BCUT2D eigenvalue weighted by Gasteiger charge is -2.46. The van der Waals surface area contributed by atoms with Crippen molar-refractivity contribution < 1.29 is 18.5 Å². The first-order chi connectivity index (χ1) is 22.4. The number of nitrogens with one attached hydrogen (secondary N) is 1. The zero-order valence-corrected chi connectivity index (χ0v) is 29.1. The Kier molecular flexibility index (Phi) is 11.4. The van der Waals surface area contributed by atoms with E-state index in [2.05, 4.69) is 52.6 Å². The summed E-state index contributed by atoms with van der Waals surface area (Å²) in [5.74, 6) is 3.02.